The van der Waals surface area contributed by atoms with Crippen LogP contribution < -0.4 is 5.32 Å². The lowest BCUT2D eigenvalue weighted by molar-refractivity contribution is -0.141. The van der Waals surface area contributed by atoms with Crippen LogP contribution in [0.2, 0.25) is 0 Å². The van der Waals surface area contributed by atoms with E-state index >= 15 is 0 Å². The fourth-order valence-corrected chi connectivity index (χ4v) is 1.32. The summed E-state index contributed by atoms with van der Waals surface area (Å²) >= 11 is 0. The monoisotopic (exact) mass is 237 g/mol. The number of hydrogen-bond donors (Lipinski definition) is 3. The Hall–Kier alpha value is -1.88. The minimum Gasteiger partial charge on any atom is -0.480 e. The number of hydrogen-bond acceptors (Lipinski definition) is 3. The summed E-state index contributed by atoms with van der Waals surface area (Å²) in [6, 6.07) is 5.42. The second kappa shape index (κ2) is 5.45. The van der Waals surface area contributed by atoms with Gasteiger partial charge in [0, 0.05) is 5.56 Å². The zero-order valence-corrected chi connectivity index (χ0v) is 9.68. The Morgan fingerprint density at radius 2 is 1.76 bits per heavy atom. The van der Waals surface area contributed by atoms with E-state index in [0.29, 0.717) is 5.56 Å². The number of carbonyl (C=O) groups excluding carboxylic acids is 1. The van der Waals surface area contributed by atoms with Crippen molar-refractivity contribution in [2.24, 2.45) is 0 Å². The first-order chi connectivity index (χ1) is 7.91. The van der Waals surface area contributed by atoms with Crippen molar-refractivity contribution < 1.29 is 19.8 Å². The highest BCUT2D eigenvalue weighted by atomic mass is 16.4. The van der Waals surface area contributed by atoms with Crippen LogP contribution in [0.5, 0.6) is 0 Å². The maximum absolute atomic E-state index is 11.7. The summed E-state index contributed by atoms with van der Waals surface area (Å²) in [5, 5.41) is 20.3. The first-order valence-corrected chi connectivity index (χ1v) is 5.20. The number of amides is 1. The van der Waals surface area contributed by atoms with E-state index in [0.717, 1.165) is 5.56 Å². The standard InChI is InChI=1S/C12H15NO4/c1-7-3-5-9(6-4-7)11(15)13-10(8(2)14)12(16)17/h3-6,8,10,14H,1-2H3,(H,13,15)(H,16,17). The Kier molecular flexibility index (Phi) is 4.23. The molecule has 92 valence electrons. The van der Waals surface area contributed by atoms with Crippen molar-refractivity contribution in [2.45, 2.75) is 26.0 Å². The zero-order chi connectivity index (χ0) is 13.0. The molecule has 0 saturated heterocycles. The molecule has 1 aromatic carbocycles. The van der Waals surface area contributed by atoms with E-state index in [1.54, 1.807) is 24.3 Å². The summed E-state index contributed by atoms with van der Waals surface area (Å²) in [4.78, 5) is 22.5. The van der Waals surface area contributed by atoms with Crippen LogP contribution in [0.1, 0.15) is 22.8 Å². The summed E-state index contributed by atoms with van der Waals surface area (Å²) < 4.78 is 0. The molecule has 5 heteroatoms. The average molecular weight is 237 g/mol. The van der Waals surface area contributed by atoms with Gasteiger partial charge in [0.15, 0.2) is 6.04 Å². The van der Waals surface area contributed by atoms with Crippen LogP contribution in [-0.2, 0) is 4.79 Å². The molecular weight excluding hydrogens is 222 g/mol. The van der Waals surface area contributed by atoms with Gasteiger partial charge in [-0.05, 0) is 26.0 Å². The number of benzene rings is 1. The molecule has 0 aromatic heterocycles. The van der Waals surface area contributed by atoms with Crippen molar-refractivity contribution in [1.29, 1.82) is 0 Å². The number of carboxylic acid groups (broad SMARTS) is 1. The largest absolute Gasteiger partial charge is 0.480 e. The number of rotatable bonds is 4. The van der Waals surface area contributed by atoms with Gasteiger partial charge in [-0.25, -0.2) is 4.79 Å². The van der Waals surface area contributed by atoms with Crippen LogP contribution in [0.15, 0.2) is 24.3 Å². The molecule has 1 aromatic rings. The molecule has 3 N–H and O–H groups in total. The number of nitrogens with one attached hydrogen (secondary N) is 1. The molecule has 2 unspecified atom stereocenters. The number of aliphatic hydroxyl groups is 1. The molecule has 0 heterocycles. The fourth-order valence-electron chi connectivity index (χ4n) is 1.32. The first kappa shape index (κ1) is 13.2. The van der Waals surface area contributed by atoms with Gasteiger partial charge in [0.1, 0.15) is 0 Å². The molecule has 5 nitrogen and oxygen atoms in total. The molecule has 0 spiro atoms. The molecule has 17 heavy (non-hydrogen) atoms. The highest BCUT2D eigenvalue weighted by Gasteiger charge is 2.25. The van der Waals surface area contributed by atoms with Gasteiger partial charge in [0.25, 0.3) is 5.91 Å². The molecule has 0 fully saturated rings. The molecule has 1 amide bonds. The van der Waals surface area contributed by atoms with Crippen LogP contribution >= 0.6 is 0 Å². The van der Waals surface area contributed by atoms with Crippen molar-refractivity contribution >= 4 is 11.9 Å². The predicted octanol–water partition coefficient (Wildman–Crippen LogP) is 0.559. The lowest BCUT2D eigenvalue weighted by atomic mass is 10.1. The Morgan fingerprint density at radius 3 is 2.18 bits per heavy atom. The van der Waals surface area contributed by atoms with Gasteiger partial charge in [-0.1, -0.05) is 17.7 Å². The van der Waals surface area contributed by atoms with E-state index in [4.69, 9.17) is 5.11 Å². The van der Waals surface area contributed by atoms with Gasteiger partial charge >= 0.3 is 5.97 Å². The number of aliphatic carboxylic acids is 1. The van der Waals surface area contributed by atoms with E-state index in [1.807, 2.05) is 6.92 Å². The second-order valence-electron chi connectivity index (χ2n) is 3.90. The van der Waals surface area contributed by atoms with Crippen molar-refractivity contribution in [1.82, 2.24) is 5.32 Å². The lowest BCUT2D eigenvalue weighted by Crippen LogP contribution is -2.47. The third-order valence-electron chi connectivity index (χ3n) is 2.35. The van der Waals surface area contributed by atoms with Crippen LogP contribution in [0.4, 0.5) is 0 Å². The number of aliphatic hydroxyl groups excluding tert-OH is 1. The molecular formula is C12H15NO4. The quantitative estimate of drug-likeness (QED) is 0.714. The van der Waals surface area contributed by atoms with E-state index in [-0.39, 0.29) is 0 Å². The molecule has 0 aliphatic carbocycles. The maximum Gasteiger partial charge on any atom is 0.328 e. The first-order valence-electron chi connectivity index (χ1n) is 5.20. The zero-order valence-electron chi connectivity index (χ0n) is 9.68. The summed E-state index contributed by atoms with van der Waals surface area (Å²) in [5.41, 5.74) is 1.37. The third-order valence-corrected chi connectivity index (χ3v) is 2.35. The number of carbonyl (C=O) groups is 2. The van der Waals surface area contributed by atoms with Crippen molar-refractivity contribution in [3.8, 4) is 0 Å². The summed E-state index contributed by atoms with van der Waals surface area (Å²) in [6.45, 7) is 3.20. The molecule has 0 radical (unpaired) electrons. The van der Waals surface area contributed by atoms with Gasteiger partial charge in [0.2, 0.25) is 0 Å². The smallest absolute Gasteiger partial charge is 0.328 e. The molecule has 0 aliphatic rings. The van der Waals surface area contributed by atoms with E-state index in [1.165, 1.54) is 6.92 Å². The molecule has 0 aliphatic heterocycles. The molecule has 0 bridgehead atoms. The van der Waals surface area contributed by atoms with Gasteiger partial charge in [-0.3, -0.25) is 4.79 Å². The highest BCUT2D eigenvalue weighted by Crippen LogP contribution is 2.04. The number of carboxylic acids is 1. The fraction of sp³-hybridized carbons (Fsp3) is 0.333. The van der Waals surface area contributed by atoms with Gasteiger partial charge in [-0.15, -0.1) is 0 Å². The van der Waals surface area contributed by atoms with Gasteiger partial charge in [-0.2, -0.15) is 0 Å². The predicted molar refractivity (Wildman–Crippen MR) is 61.7 cm³/mol. The summed E-state index contributed by atoms with van der Waals surface area (Å²) in [5.74, 6) is -1.78. The van der Waals surface area contributed by atoms with Crippen molar-refractivity contribution in [2.75, 3.05) is 0 Å². The minimum absolute atomic E-state index is 0.363. The van der Waals surface area contributed by atoms with Gasteiger partial charge < -0.3 is 15.5 Å². The molecule has 1 rings (SSSR count). The molecule has 0 saturated carbocycles. The summed E-state index contributed by atoms with van der Waals surface area (Å²) in [7, 11) is 0. The Bertz CT molecular complexity index is 411. The Balaban J connectivity index is 2.77. The van der Waals surface area contributed by atoms with E-state index in [9.17, 15) is 14.7 Å². The Labute approximate surface area is 99.1 Å². The highest BCUT2D eigenvalue weighted by molar-refractivity contribution is 5.96. The normalized spacial score (nSPS) is 13.8. The van der Waals surface area contributed by atoms with Gasteiger partial charge in [0.05, 0.1) is 6.10 Å². The summed E-state index contributed by atoms with van der Waals surface area (Å²) in [6.07, 6.45) is -1.15. The van der Waals surface area contributed by atoms with Crippen LogP contribution in [0, 0.1) is 6.92 Å². The lowest BCUT2D eigenvalue weighted by Gasteiger charge is -2.16. The maximum atomic E-state index is 11.7. The van der Waals surface area contributed by atoms with E-state index < -0.39 is 24.0 Å². The molecule has 2 atom stereocenters. The van der Waals surface area contributed by atoms with Crippen molar-refractivity contribution in [3.63, 3.8) is 0 Å². The van der Waals surface area contributed by atoms with Crippen LogP contribution in [0.25, 0.3) is 0 Å². The van der Waals surface area contributed by atoms with E-state index in [2.05, 4.69) is 5.32 Å². The van der Waals surface area contributed by atoms with Crippen molar-refractivity contribution in [3.05, 3.63) is 35.4 Å². The third kappa shape index (κ3) is 3.57. The minimum atomic E-state index is -1.30. The average Bonchev–Trinajstić information content (AvgIpc) is 2.25. The van der Waals surface area contributed by atoms with Crippen LogP contribution in [0.3, 0.4) is 0 Å². The SMILES string of the molecule is Cc1ccc(C(=O)NC(C(=O)O)C(C)O)cc1. The Morgan fingerprint density at radius 1 is 1.24 bits per heavy atom. The topological polar surface area (TPSA) is 86.6 Å². The second-order valence-corrected chi connectivity index (χ2v) is 3.90. The van der Waals surface area contributed by atoms with Crippen LogP contribution in [-0.4, -0.2) is 34.2 Å². The number of aryl methyl sites for hydroxylation is 1.